The minimum atomic E-state index is -1.18. The van der Waals surface area contributed by atoms with Crippen LogP contribution in [-0.4, -0.2) is 28.0 Å². The van der Waals surface area contributed by atoms with E-state index in [0.717, 1.165) is 0 Å². The molecule has 0 fully saturated rings. The first-order valence-electron chi connectivity index (χ1n) is 3.98. The van der Waals surface area contributed by atoms with Crippen LogP contribution in [0, 0.1) is 0 Å². The van der Waals surface area contributed by atoms with Crippen LogP contribution < -0.4 is 0 Å². The fourth-order valence-electron chi connectivity index (χ4n) is 1.02. The Balaban J connectivity index is 2.91. The van der Waals surface area contributed by atoms with Gasteiger partial charge in [-0.05, 0) is 33.6 Å². The second-order valence-corrected chi connectivity index (χ2v) is 4.13. The van der Waals surface area contributed by atoms with E-state index in [-0.39, 0.29) is 0 Å². The van der Waals surface area contributed by atoms with Crippen LogP contribution in [0.1, 0.15) is 11.7 Å². The number of benzene rings is 1. The number of aliphatic hydroxyl groups excluding tert-OH is 3. The Morgan fingerprint density at radius 2 is 2.00 bits per heavy atom. The molecule has 0 amide bonds. The van der Waals surface area contributed by atoms with Crippen molar-refractivity contribution in [3.05, 3.63) is 33.3 Å². The average molecular weight is 282 g/mol. The Morgan fingerprint density at radius 3 is 2.50 bits per heavy atom. The van der Waals surface area contributed by atoms with Crippen LogP contribution in [0.15, 0.2) is 22.7 Å². The lowest BCUT2D eigenvalue weighted by Gasteiger charge is -2.16. The molecule has 0 saturated heterocycles. The minimum Gasteiger partial charge on any atom is -0.394 e. The van der Waals surface area contributed by atoms with Crippen molar-refractivity contribution in [3.8, 4) is 0 Å². The summed E-state index contributed by atoms with van der Waals surface area (Å²) in [6, 6.07) is 4.80. The van der Waals surface area contributed by atoms with Gasteiger partial charge >= 0.3 is 0 Å². The number of aliphatic hydroxyl groups is 3. The van der Waals surface area contributed by atoms with Gasteiger partial charge in [-0.15, -0.1) is 0 Å². The second-order valence-electron chi connectivity index (χ2n) is 2.87. The summed E-state index contributed by atoms with van der Waals surface area (Å²) in [5.41, 5.74) is 0.503. The third-order valence-corrected chi connectivity index (χ3v) is 3.05. The summed E-state index contributed by atoms with van der Waals surface area (Å²) in [7, 11) is 0. The van der Waals surface area contributed by atoms with Crippen molar-refractivity contribution in [1.82, 2.24) is 0 Å². The van der Waals surface area contributed by atoms with Crippen LogP contribution in [0.5, 0.6) is 0 Å². The highest BCUT2D eigenvalue weighted by Crippen LogP contribution is 2.27. The van der Waals surface area contributed by atoms with Crippen molar-refractivity contribution in [2.24, 2.45) is 0 Å². The number of hydrogen-bond acceptors (Lipinski definition) is 3. The Hall–Kier alpha value is -0.130. The molecule has 2 atom stereocenters. The molecule has 0 aromatic heterocycles. The first-order valence-corrected chi connectivity index (χ1v) is 5.15. The molecule has 0 saturated carbocycles. The summed E-state index contributed by atoms with van der Waals surface area (Å²) in [5, 5.41) is 27.9. The van der Waals surface area contributed by atoms with Crippen LogP contribution in [0.3, 0.4) is 0 Å². The van der Waals surface area contributed by atoms with Gasteiger partial charge in [-0.3, -0.25) is 0 Å². The molecule has 0 aliphatic heterocycles. The first-order chi connectivity index (χ1) is 6.56. The first kappa shape index (κ1) is 11.9. The highest BCUT2D eigenvalue weighted by molar-refractivity contribution is 9.10. The third kappa shape index (κ3) is 2.68. The quantitative estimate of drug-likeness (QED) is 0.787. The second kappa shape index (κ2) is 5.09. The van der Waals surface area contributed by atoms with Crippen molar-refractivity contribution >= 4 is 27.5 Å². The van der Waals surface area contributed by atoms with Crippen LogP contribution in [0.4, 0.5) is 0 Å². The number of rotatable bonds is 3. The maximum atomic E-state index is 9.53. The predicted molar refractivity (Wildman–Crippen MR) is 57.2 cm³/mol. The summed E-state index contributed by atoms with van der Waals surface area (Å²) >= 11 is 8.96. The summed E-state index contributed by atoms with van der Waals surface area (Å²) in [6.07, 6.45) is -2.28. The van der Waals surface area contributed by atoms with Crippen LogP contribution in [-0.2, 0) is 0 Å². The van der Waals surface area contributed by atoms with E-state index in [2.05, 4.69) is 15.9 Å². The van der Waals surface area contributed by atoms with Crippen molar-refractivity contribution < 1.29 is 15.3 Å². The average Bonchev–Trinajstić information content (AvgIpc) is 2.20. The van der Waals surface area contributed by atoms with E-state index in [1.165, 1.54) is 0 Å². The standard InChI is InChI=1S/C9H10BrClO3/c10-6-3-5(1-2-7(6)11)9(14)8(13)4-12/h1-3,8-9,12-14H,4H2. The molecule has 3 nitrogen and oxygen atoms in total. The minimum absolute atomic E-state index is 0.485. The lowest BCUT2D eigenvalue weighted by atomic mass is 10.1. The summed E-state index contributed by atoms with van der Waals surface area (Å²) < 4.78 is 0.640. The van der Waals surface area contributed by atoms with E-state index < -0.39 is 18.8 Å². The van der Waals surface area contributed by atoms with Crippen LogP contribution in [0.2, 0.25) is 5.02 Å². The zero-order valence-electron chi connectivity index (χ0n) is 7.19. The van der Waals surface area contributed by atoms with E-state index >= 15 is 0 Å². The molecule has 5 heteroatoms. The summed E-state index contributed by atoms with van der Waals surface area (Å²) in [5.74, 6) is 0. The van der Waals surface area contributed by atoms with E-state index in [9.17, 15) is 10.2 Å². The lowest BCUT2D eigenvalue weighted by Crippen LogP contribution is -2.21. The van der Waals surface area contributed by atoms with Crippen molar-refractivity contribution in [2.45, 2.75) is 12.2 Å². The lowest BCUT2D eigenvalue weighted by molar-refractivity contribution is -0.0152. The maximum absolute atomic E-state index is 9.53. The molecule has 1 rings (SSSR count). The zero-order chi connectivity index (χ0) is 10.7. The Bertz CT molecular complexity index is 319. The molecule has 78 valence electrons. The van der Waals surface area contributed by atoms with E-state index in [0.29, 0.717) is 15.1 Å². The predicted octanol–water partition coefficient (Wildman–Crippen LogP) is 1.49. The Labute approximate surface area is 95.1 Å². The molecule has 0 aliphatic rings. The SMILES string of the molecule is OCC(O)C(O)c1ccc(Cl)c(Br)c1. The van der Waals surface area contributed by atoms with Gasteiger partial charge < -0.3 is 15.3 Å². The molecule has 2 unspecified atom stereocenters. The molecular weight excluding hydrogens is 271 g/mol. The summed E-state index contributed by atoms with van der Waals surface area (Å²) in [6.45, 7) is -0.485. The zero-order valence-corrected chi connectivity index (χ0v) is 9.53. The third-order valence-electron chi connectivity index (χ3n) is 1.84. The molecule has 0 radical (unpaired) electrons. The van der Waals surface area contributed by atoms with E-state index in [1.54, 1.807) is 18.2 Å². The molecule has 1 aromatic rings. The highest BCUT2D eigenvalue weighted by Gasteiger charge is 2.17. The van der Waals surface area contributed by atoms with Gasteiger partial charge in [-0.25, -0.2) is 0 Å². The molecule has 0 heterocycles. The monoisotopic (exact) mass is 280 g/mol. The molecule has 0 bridgehead atoms. The van der Waals surface area contributed by atoms with Crippen molar-refractivity contribution in [1.29, 1.82) is 0 Å². The highest BCUT2D eigenvalue weighted by atomic mass is 79.9. The molecule has 0 spiro atoms. The number of halogens is 2. The van der Waals surface area contributed by atoms with Crippen molar-refractivity contribution in [3.63, 3.8) is 0 Å². The Kier molecular flexibility index (Phi) is 4.34. The van der Waals surface area contributed by atoms with Gasteiger partial charge in [0.15, 0.2) is 0 Å². The molecule has 3 N–H and O–H groups in total. The normalized spacial score (nSPS) is 15.2. The van der Waals surface area contributed by atoms with Gasteiger partial charge in [0, 0.05) is 4.47 Å². The maximum Gasteiger partial charge on any atom is 0.107 e. The smallest absolute Gasteiger partial charge is 0.107 e. The Morgan fingerprint density at radius 1 is 1.36 bits per heavy atom. The largest absolute Gasteiger partial charge is 0.394 e. The fourth-order valence-corrected chi connectivity index (χ4v) is 1.53. The van der Waals surface area contributed by atoms with Gasteiger partial charge in [0.2, 0.25) is 0 Å². The van der Waals surface area contributed by atoms with E-state index in [1.807, 2.05) is 0 Å². The van der Waals surface area contributed by atoms with E-state index in [4.69, 9.17) is 16.7 Å². The fraction of sp³-hybridized carbons (Fsp3) is 0.333. The van der Waals surface area contributed by atoms with Crippen LogP contribution in [0.25, 0.3) is 0 Å². The van der Waals surface area contributed by atoms with Crippen molar-refractivity contribution in [2.75, 3.05) is 6.61 Å². The molecule has 0 aliphatic carbocycles. The van der Waals surface area contributed by atoms with Gasteiger partial charge in [0.1, 0.15) is 12.2 Å². The molecule has 1 aromatic carbocycles. The number of hydrogen-bond donors (Lipinski definition) is 3. The van der Waals surface area contributed by atoms with Gasteiger partial charge in [-0.1, -0.05) is 17.7 Å². The van der Waals surface area contributed by atoms with Crippen LogP contribution >= 0.6 is 27.5 Å². The molecule has 14 heavy (non-hydrogen) atoms. The molecular formula is C9H10BrClO3. The van der Waals surface area contributed by atoms with Gasteiger partial charge in [0.25, 0.3) is 0 Å². The summed E-state index contributed by atoms with van der Waals surface area (Å²) in [4.78, 5) is 0. The van der Waals surface area contributed by atoms with Gasteiger partial charge in [-0.2, -0.15) is 0 Å². The van der Waals surface area contributed by atoms with Gasteiger partial charge in [0.05, 0.1) is 11.6 Å². The topological polar surface area (TPSA) is 60.7 Å².